The molecule has 20 heavy (non-hydrogen) atoms. The number of rotatable bonds is 3. The van der Waals surface area contributed by atoms with E-state index < -0.39 is 0 Å². The van der Waals surface area contributed by atoms with Crippen LogP contribution in [0.5, 0.6) is 0 Å². The molecule has 3 rings (SSSR count). The highest BCUT2D eigenvalue weighted by Crippen LogP contribution is 2.33. The predicted molar refractivity (Wildman–Crippen MR) is 82.9 cm³/mol. The first kappa shape index (κ1) is 14.1. The third-order valence-electron chi connectivity index (χ3n) is 5.08. The quantitative estimate of drug-likeness (QED) is 0.663. The van der Waals surface area contributed by atoms with Crippen molar-refractivity contribution in [2.75, 3.05) is 6.54 Å². The highest BCUT2D eigenvalue weighted by molar-refractivity contribution is 5.24. The second-order valence-corrected chi connectivity index (χ2v) is 6.49. The van der Waals surface area contributed by atoms with E-state index in [2.05, 4.69) is 23.1 Å². The van der Waals surface area contributed by atoms with Crippen molar-refractivity contribution in [1.29, 1.82) is 0 Å². The molecule has 1 aromatic rings. The minimum absolute atomic E-state index is 0.539. The minimum atomic E-state index is 0.539. The molecule has 1 saturated carbocycles. The first-order valence-electron chi connectivity index (χ1n) is 8.69. The van der Waals surface area contributed by atoms with Crippen LogP contribution in [0.4, 0.5) is 0 Å². The summed E-state index contributed by atoms with van der Waals surface area (Å²) in [5, 5.41) is 8.47. The van der Waals surface area contributed by atoms with Gasteiger partial charge in [0.1, 0.15) is 0 Å². The minimum Gasteiger partial charge on any atom is -0.310 e. The SMILES string of the molecule is CCNC1CCCCc2c1cnn2C1CCCCCC1. The molecule has 1 unspecified atom stereocenters. The average molecular weight is 275 g/mol. The van der Waals surface area contributed by atoms with Crippen molar-refractivity contribution in [3.8, 4) is 0 Å². The zero-order valence-corrected chi connectivity index (χ0v) is 12.9. The van der Waals surface area contributed by atoms with Gasteiger partial charge in [0.15, 0.2) is 0 Å². The largest absolute Gasteiger partial charge is 0.310 e. The molecule has 112 valence electrons. The standard InChI is InChI=1S/C17H29N3/c1-2-18-16-11-7-8-12-17-15(16)13-19-20(17)14-9-5-3-4-6-10-14/h13-14,16,18H,2-12H2,1H3. The molecule has 2 aliphatic rings. The Balaban J connectivity index is 1.85. The molecular formula is C17H29N3. The third kappa shape index (κ3) is 2.93. The third-order valence-corrected chi connectivity index (χ3v) is 5.08. The van der Waals surface area contributed by atoms with Crippen molar-refractivity contribution in [1.82, 2.24) is 15.1 Å². The first-order valence-corrected chi connectivity index (χ1v) is 8.69. The Hall–Kier alpha value is -0.830. The Morgan fingerprint density at radius 2 is 1.85 bits per heavy atom. The Labute approximate surface area is 123 Å². The van der Waals surface area contributed by atoms with Crippen molar-refractivity contribution in [2.24, 2.45) is 0 Å². The van der Waals surface area contributed by atoms with E-state index in [-0.39, 0.29) is 0 Å². The van der Waals surface area contributed by atoms with Crippen LogP contribution in [-0.2, 0) is 6.42 Å². The van der Waals surface area contributed by atoms with Crippen molar-refractivity contribution in [3.05, 3.63) is 17.5 Å². The normalized spacial score (nSPS) is 24.9. The van der Waals surface area contributed by atoms with Crippen molar-refractivity contribution >= 4 is 0 Å². The molecule has 0 aromatic carbocycles. The lowest BCUT2D eigenvalue weighted by atomic mass is 10.0. The smallest absolute Gasteiger partial charge is 0.0540 e. The van der Waals surface area contributed by atoms with Gasteiger partial charge in [-0.15, -0.1) is 0 Å². The van der Waals surface area contributed by atoms with Gasteiger partial charge in [-0.3, -0.25) is 4.68 Å². The van der Waals surface area contributed by atoms with Gasteiger partial charge >= 0.3 is 0 Å². The van der Waals surface area contributed by atoms with E-state index in [4.69, 9.17) is 5.10 Å². The van der Waals surface area contributed by atoms with Gasteiger partial charge in [0, 0.05) is 17.3 Å². The maximum atomic E-state index is 4.81. The van der Waals surface area contributed by atoms with Gasteiger partial charge in [0.25, 0.3) is 0 Å². The molecule has 0 amide bonds. The number of hydrogen-bond acceptors (Lipinski definition) is 2. The van der Waals surface area contributed by atoms with Gasteiger partial charge < -0.3 is 5.32 Å². The van der Waals surface area contributed by atoms with Crippen LogP contribution < -0.4 is 5.32 Å². The lowest BCUT2D eigenvalue weighted by molar-refractivity contribution is 0.392. The highest BCUT2D eigenvalue weighted by Gasteiger charge is 2.25. The summed E-state index contributed by atoms with van der Waals surface area (Å²) in [7, 11) is 0. The van der Waals surface area contributed by atoms with Gasteiger partial charge in [0.2, 0.25) is 0 Å². The molecule has 1 heterocycles. The van der Waals surface area contributed by atoms with Crippen LogP contribution in [-0.4, -0.2) is 16.3 Å². The van der Waals surface area contributed by atoms with Crippen molar-refractivity contribution in [3.63, 3.8) is 0 Å². The second-order valence-electron chi connectivity index (χ2n) is 6.49. The lowest BCUT2D eigenvalue weighted by Gasteiger charge is -2.19. The van der Waals surface area contributed by atoms with Crippen LogP contribution in [0.1, 0.15) is 88.1 Å². The molecule has 1 atom stereocenters. The molecular weight excluding hydrogens is 246 g/mol. The van der Waals surface area contributed by atoms with Gasteiger partial charge in [-0.1, -0.05) is 39.0 Å². The zero-order valence-electron chi connectivity index (χ0n) is 12.9. The molecule has 0 bridgehead atoms. The summed E-state index contributed by atoms with van der Waals surface area (Å²) in [5.41, 5.74) is 3.04. The first-order chi connectivity index (χ1) is 9.90. The Morgan fingerprint density at radius 1 is 1.10 bits per heavy atom. The van der Waals surface area contributed by atoms with Gasteiger partial charge in [-0.25, -0.2) is 0 Å². The number of aromatic nitrogens is 2. The summed E-state index contributed by atoms with van der Waals surface area (Å²) in [6.07, 6.45) is 15.6. The lowest BCUT2D eigenvalue weighted by Crippen LogP contribution is -2.21. The van der Waals surface area contributed by atoms with Gasteiger partial charge in [-0.2, -0.15) is 5.10 Å². The number of hydrogen-bond donors (Lipinski definition) is 1. The molecule has 0 radical (unpaired) electrons. The van der Waals surface area contributed by atoms with E-state index in [1.54, 1.807) is 5.69 Å². The Morgan fingerprint density at radius 3 is 2.60 bits per heavy atom. The highest BCUT2D eigenvalue weighted by atomic mass is 15.3. The van der Waals surface area contributed by atoms with Crippen LogP contribution in [0.15, 0.2) is 6.20 Å². The van der Waals surface area contributed by atoms with Crippen LogP contribution >= 0.6 is 0 Å². The van der Waals surface area contributed by atoms with Gasteiger partial charge in [0.05, 0.1) is 12.2 Å². The molecule has 1 aromatic heterocycles. The molecule has 0 aliphatic heterocycles. The van der Waals surface area contributed by atoms with Gasteiger partial charge in [-0.05, 0) is 38.6 Å². The summed E-state index contributed by atoms with van der Waals surface area (Å²) in [6.45, 7) is 3.26. The second kappa shape index (κ2) is 6.75. The average Bonchev–Trinajstić information content (AvgIpc) is 2.66. The van der Waals surface area contributed by atoms with Crippen LogP contribution in [0.3, 0.4) is 0 Å². The fraction of sp³-hybridized carbons (Fsp3) is 0.824. The fourth-order valence-electron chi connectivity index (χ4n) is 4.02. The fourth-order valence-corrected chi connectivity index (χ4v) is 4.02. The van der Waals surface area contributed by atoms with Crippen LogP contribution in [0.2, 0.25) is 0 Å². The summed E-state index contributed by atoms with van der Waals surface area (Å²) in [4.78, 5) is 0. The molecule has 3 nitrogen and oxygen atoms in total. The molecule has 1 N–H and O–H groups in total. The zero-order chi connectivity index (χ0) is 13.8. The summed E-state index contributed by atoms with van der Waals surface area (Å²) < 4.78 is 2.41. The molecule has 3 heteroatoms. The predicted octanol–water partition coefficient (Wildman–Crippen LogP) is 4.16. The van der Waals surface area contributed by atoms with E-state index in [9.17, 15) is 0 Å². The van der Waals surface area contributed by atoms with Crippen molar-refractivity contribution < 1.29 is 0 Å². The van der Waals surface area contributed by atoms with E-state index in [0.29, 0.717) is 12.1 Å². The maximum absolute atomic E-state index is 4.81. The van der Waals surface area contributed by atoms with E-state index >= 15 is 0 Å². The van der Waals surface area contributed by atoms with E-state index in [1.165, 1.54) is 69.8 Å². The van der Waals surface area contributed by atoms with E-state index in [0.717, 1.165) is 6.54 Å². The summed E-state index contributed by atoms with van der Waals surface area (Å²) >= 11 is 0. The molecule has 0 saturated heterocycles. The van der Waals surface area contributed by atoms with E-state index in [1.807, 2.05) is 0 Å². The summed E-state index contributed by atoms with van der Waals surface area (Å²) in [5.74, 6) is 0. The van der Waals surface area contributed by atoms with Crippen LogP contribution in [0, 0.1) is 0 Å². The Bertz CT molecular complexity index is 416. The number of nitrogens with zero attached hydrogens (tertiary/aromatic N) is 2. The maximum Gasteiger partial charge on any atom is 0.0540 e. The Kier molecular flexibility index (Phi) is 4.77. The molecule has 1 fully saturated rings. The topological polar surface area (TPSA) is 29.9 Å². The van der Waals surface area contributed by atoms with Crippen molar-refractivity contribution in [2.45, 2.75) is 83.2 Å². The van der Waals surface area contributed by atoms with Crippen LogP contribution in [0.25, 0.3) is 0 Å². The number of nitrogens with one attached hydrogen (secondary N) is 1. The summed E-state index contributed by atoms with van der Waals surface area (Å²) in [6, 6.07) is 1.21. The monoisotopic (exact) mass is 275 g/mol. The molecule has 2 aliphatic carbocycles. The molecule has 0 spiro atoms. The number of fused-ring (bicyclic) bond motifs is 1.